The predicted molar refractivity (Wildman–Crippen MR) is 116 cm³/mol. The molecule has 0 atom stereocenters. The highest BCUT2D eigenvalue weighted by molar-refractivity contribution is 5.79. The molecule has 0 saturated carbocycles. The van der Waals surface area contributed by atoms with E-state index in [2.05, 4.69) is 23.2 Å². The molecule has 0 unspecified atom stereocenters. The average Bonchev–Trinajstić information content (AvgIpc) is 2.78. The number of hydrogen-bond donors (Lipinski definition) is 1. The molecule has 0 aromatic heterocycles. The van der Waals surface area contributed by atoms with Gasteiger partial charge in [0.25, 0.3) is 0 Å². The van der Waals surface area contributed by atoms with E-state index in [0.29, 0.717) is 24.9 Å². The Hall–Kier alpha value is -3.47. The van der Waals surface area contributed by atoms with E-state index in [1.54, 1.807) is 6.08 Å². The fourth-order valence-corrected chi connectivity index (χ4v) is 3.48. The van der Waals surface area contributed by atoms with E-state index in [1.807, 2.05) is 0 Å². The summed E-state index contributed by atoms with van der Waals surface area (Å²) >= 11 is 0. The molecule has 1 aliphatic rings. The molecule has 1 N–H and O–H groups in total. The van der Waals surface area contributed by atoms with Crippen LogP contribution in [-0.4, -0.2) is 55.2 Å². The van der Waals surface area contributed by atoms with Gasteiger partial charge in [-0.05, 0) is 37.3 Å². The highest BCUT2D eigenvalue weighted by Gasteiger charge is 2.33. The Morgan fingerprint density at radius 3 is 2.56 bits per heavy atom. The zero-order valence-electron chi connectivity index (χ0n) is 18.4. The Balaban J connectivity index is 2.14. The number of alkyl halides is 3. The van der Waals surface area contributed by atoms with Crippen LogP contribution in [0.25, 0.3) is 0 Å². The molecule has 0 saturated heterocycles. The summed E-state index contributed by atoms with van der Waals surface area (Å²) in [6.07, 6.45) is -0.415. The van der Waals surface area contributed by atoms with Crippen molar-refractivity contribution in [3.8, 4) is 0 Å². The molecule has 0 bridgehead atoms. The van der Waals surface area contributed by atoms with E-state index in [0.717, 1.165) is 12.1 Å². The van der Waals surface area contributed by atoms with Crippen LogP contribution in [0.15, 0.2) is 60.4 Å². The van der Waals surface area contributed by atoms with Crippen molar-refractivity contribution in [3.05, 3.63) is 77.6 Å². The molecule has 1 aromatic rings. The maximum Gasteiger partial charge on any atom is 0.573 e. The first kappa shape index (κ1) is 26.8. The molecule has 184 valence electrons. The van der Waals surface area contributed by atoms with Crippen molar-refractivity contribution in [2.24, 2.45) is 0 Å². The molecule has 0 aliphatic carbocycles. The Morgan fingerprint density at radius 2 is 1.97 bits per heavy atom. The van der Waals surface area contributed by atoms with Crippen LogP contribution in [-0.2, 0) is 20.9 Å². The smallest absolute Gasteiger partial charge is 0.405 e. The summed E-state index contributed by atoms with van der Waals surface area (Å²) < 4.78 is 70.1. The number of nitrogens with zero attached hydrogens (tertiary/aromatic N) is 2. The minimum atomic E-state index is -4.92. The molecular weight excluding hydrogens is 461 g/mol. The molecule has 1 aliphatic heterocycles. The summed E-state index contributed by atoms with van der Waals surface area (Å²) in [4.78, 5) is 26.4. The molecular formula is C23H24F5N3O3. The summed E-state index contributed by atoms with van der Waals surface area (Å²) in [5.74, 6) is -3.15. The van der Waals surface area contributed by atoms with E-state index in [4.69, 9.17) is 0 Å². The molecule has 34 heavy (non-hydrogen) atoms. The second-order valence-corrected chi connectivity index (χ2v) is 7.39. The largest absolute Gasteiger partial charge is 0.573 e. The number of benzene rings is 1. The van der Waals surface area contributed by atoms with Gasteiger partial charge in [0.1, 0.15) is 5.76 Å². The van der Waals surface area contributed by atoms with Crippen LogP contribution >= 0.6 is 0 Å². The van der Waals surface area contributed by atoms with Gasteiger partial charge in [-0.25, -0.2) is 8.78 Å². The molecule has 11 heteroatoms. The molecule has 6 nitrogen and oxygen atoms in total. The first-order valence-corrected chi connectivity index (χ1v) is 10.1. The van der Waals surface area contributed by atoms with E-state index in [-0.39, 0.29) is 42.4 Å². The van der Waals surface area contributed by atoms with Gasteiger partial charge in [0.15, 0.2) is 11.6 Å². The normalized spacial score (nSPS) is 14.8. The third kappa shape index (κ3) is 7.01. The van der Waals surface area contributed by atoms with Crippen LogP contribution in [0.1, 0.15) is 12.0 Å². The van der Waals surface area contributed by atoms with Gasteiger partial charge in [-0.3, -0.25) is 14.5 Å². The van der Waals surface area contributed by atoms with Crippen molar-refractivity contribution in [1.29, 1.82) is 0 Å². The molecule has 0 fully saturated rings. The van der Waals surface area contributed by atoms with Crippen LogP contribution in [0.2, 0.25) is 0 Å². The van der Waals surface area contributed by atoms with Crippen LogP contribution < -0.4 is 5.32 Å². The van der Waals surface area contributed by atoms with Crippen LogP contribution in [0, 0.1) is 11.6 Å². The summed E-state index contributed by atoms with van der Waals surface area (Å²) in [5, 5.41) is 2.29. The second-order valence-electron chi connectivity index (χ2n) is 7.39. The van der Waals surface area contributed by atoms with Gasteiger partial charge >= 0.3 is 6.36 Å². The number of rotatable bonds is 10. The number of ether oxygens (including phenoxy) is 1. The predicted octanol–water partition coefficient (Wildman–Crippen LogP) is 4.29. The van der Waals surface area contributed by atoms with Crippen LogP contribution in [0.3, 0.4) is 0 Å². The Morgan fingerprint density at radius 1 is 1.26 bits per heavy atom. The summed E-state index contributed by atoms with van der Waals surface area (Å²) in [5.41, 5.74) is 0.409. The minimum absolute atomic E-state index is 0.00113. The zero-order chi connectivity index (χ0) is 25.5. The van der Waals surface area contributed by atoms with Crippen molar-refractivity contribution in [2.45, 2.75) is 19.3 Å². The maximum absolute atomic E-state index is 14.3. The lowest BCUT2D eigenvalue weighted by Gasteiger charge is -2.30. The number of amides is 2. The Bertz CT molecular complexity index is 1020. The summed E-state index contributed by atoms with van der Waals surface area (Å²) in [7, 11) is 1.51. The highest BCUT2D eigenvalue weighted by atomic mass is 19.4. The van der Waals surface area contributed by atoms with Crippen molar-refractivity contribution < 1.29 is 36.3 Å². The van der Waals surface area contributed by atoms with Crippen LogP contribution in [0.5, 0.6) is 0 Å². The fraction of sp³-hybridized carbons (Fsp3) is 0.304. The van der Waals surface area contributed by atoms with Gasteiger partial charge in [0, 0.05) is 36.5 Å². The van der Waals surface area contributed by atoms with Crippen LogP contribution in [0.4, 0.5) is 27.6 Å². The molecule has 1 heterocycles. The lowest BCUT2D eigenvalue weighted by atomic mass is 9.99. The van der Waals surface area contributed by atoms with Gasteiger partial charge in [0.2, 0.25) is 12.3 Å². The van der Waals surface area contributed by atoms with E-state index < -0.39 is 23.8 Å². The zero-order valence-corrected chi connectivity index (χ0v) is 18.4. The topological polar surface area (TPSA) is 61.9 Å². The monoisotopic (exact) mass is 485 g/mol. The van der Waals surface area contributed by atoms with Crippen molar-refractivity contribution >= 4 is 18.0 Å². The third-order valence-corrected chi connectivity index (χ3v) is 4.97. The third-order valence-electron chi connectivity index (χ3n) is 4.97. The molecule has 2 rings (SSSR count). The fourth-order valence-electron chi connectivity index (χ4n) is 3.48. The van der Waals surface area contributed by atoms with Crippen molar-refractivity contribution in [2.75, 3.05) is 32.0 Å². The number of allylic oxidation sites excluding steroid dienone is 2. The summed E-state index contributed by atoms with van der Waals surface area (Å²) in [6, 6.07) is 2.09. The molecule has 0 spiro atoms. The molecule has 2 amide bonds. The minimum Gasteiger partial charge on any atom is -0.405 e. The number of likely N-dealkylation sites (N-methyl/N-ethyl adjacent to an activating group) is 1. The first-order valence-electron chi connectivity index (χ1n) is 10.1. The summed E-state index contributed by atoms with van der Waals surface area (Å²) in [6.45, 7) is 6.83. The van der Waals surface area contributed by atoms with Gasteiger partial charge in [-0.2, -0.15) is 0 Å². The van der Waals surface area contributed by atoms with Gasteiger partial charge in [0.05, 0.1) is 6.54 Å². The Kier molecular flexibility index (Phi) is 9.13. The highest BCUT2D eigenvalue weighted by Crippen LogP contribution is 2.28. The van der Waals surface area contributed by atoms with Gasteiger partial charge in [-0.1, -0.05) is 25.3 Å². The van der Waals surface area contributed by atoms with E-state index in [9.17, 15) is 31.5 Å². The quantitative estimate of drug-likeness (QED) is 0.233. The SMILES string of the molecule is C=C/C(OC(F)(F)F)=C(\C=C)C1=CCCN(C(=O)CN(C)Cc2c(NC=O)ccc(F)c2F)C1. The van der Waals surface area contributed by atoms with Crippen molar-refractivity contribution in [1.82, 2.24) is 9.80 Å². The number of hydrogen-bond acceptors (Lipinski definition) is 4. The van der Waals surface area contributed by atoms with Crippen molar-refractivity contribution in [3.63, 3.8) is 0 Å². The Labute approximate surface area is 193 Å². The lowest BCUT2D eigenvalue weighted by molar-refractivity contribution is -0.303. The molecule has 1 aromatic carbocycles. The number of carbonyl (C=O) groups excluding carboxylic acids is 2. The second kappa shape index (κ2) is 11.6. The lowest BCUT2D eigenvalue weighted by Crippen LogP contribution is -2.42. The number of nitrogens with one attached hydrogen (secondary N) is 1. The van der Waals surface area contributed by atoms with Gasteiger partial charge < -0.3 is 15.0 Å². The van der Waals surface area contributed by atoms with E-state index in [1.165, 1.54) is 29.0 Å². The maximum atomic E-state index is 14.3. The standard InChI is InChI=1S/C23H24F5N3O3/c1-4-16(20(5-2)34-23(26,27)28)15-7-6-10-31(11-15)21(33)13-30(3)12-17-19(29-14-32)9-8-18(24)22(17)25/h4-5,7-9,14H,1-2,6,10-13H2,3H3,(H,29,32)/b20-16-. The number of halogens is 5. The number of anilines is 1. The average molecular weight is 485 g/mol. The number of carbonyl (C=O) groups is 2. The molecule has 0 radical (unpaired) electrons. The first-order chi connectivity index (χ1) is 16.0. The van der Waals surface area contributed by atoms with E-state index >= 15 is 0 Å². The van der Waals surface area contributed by atoms with Gasteiger partial charge in [-0.15, -0.1) is 13.2 Å².